The van der Waals surface area contributed by atoms with E-state index in [0.29, 0.717) is 35.6 Å². The van der Waals surface area contributed by atoms with Gasteiger partial charge in [-0.2, -0.15) is 13.2 Å². The van der Waals surface area contributed by atoms with Gasteiger partial charge in [-0.25, -0.2) is 13.4 Å². The van der Waals surface area contributed by atoms with E-state index in [4.69, 9.17) is 4.74 Å². The maximum absolute atomic E-state index is 13.4. The van der Waals surface area contributed by atoms with Crippen LogP contribution in [0.25, 0.3) is 11.0 Å². The Hall–Kier alpha value is -3.76. The fraction of sp³-hybridized carbons (Fsp3) is 0.448. The van der Waals surface area contributed by atoms with E-state index in [9.17, 15) is 26.4 Å². The number of imidazole rings is 1. The number of rotatable bonds is 6. The van der Waals surface area contributed by atoms with Crippen LogP contribution >= 0.6 is 0 Å². The van der Waals surface area contributed by atoms with Crippen LogP contribution in [-0.2, 0) is 22.8 Å². The third-order valence-electron chi connectivity index (χ3n) is 7.56. The zero-order chi connectivity index (χ0) is 30.2. The molecule has 0 saturated carbocycles. The van der Waals surface area contributed by atoms with Gasteiger partial charge in [0.1, 0.15) is 17.8 Å². The lowest BCUT2D eigenvalue weighted by Gasteiger charge is -2.35. The number of nitrogens with one attached hydrogen (secondary N) is 2. The van der Waals surface area contributed by atoms with Crippen LogP contribution in [0.2, 0.25) is 0 Å². The molecule has 1 saturated heterocycles. The summed E-state index contributed by atoms with van der Waals surface area (Å²) in [5, 5.41) is 6.18. The van der Waals surface area contributed by atoms with Crippen LogP contribution in [0.3, 0.4) is 0 Å². The van der Waals surface area contributed by atoms with E-state index in [-0.39, 0.29) is 40.0 Å². The van der Waals surface area contributed by atoms with Gasteiger partial charge >= 0.3 is 6.18 Å². The molecule has 1 fully saturated rings. The van der Waals surface area contributed by atoms with Crippen LogP contribution in [0.4, 0.5) is 18.9 Å². The lowest BCUT2D eigenvalue weighted by molar-refractivity contribution is -0.139. The largest absolute Gasteiger partial charge is 0.491 e. The molecule has 2 aromatic carbocycles. The highest BCUT2D eigenvalue weighted by Gasteiger charge is 2.30. The van der Waals surface area contributed by atoms with E-state index in [1.54, 1.807) is 12.1 Å². The molecular weight excluding hydrogens is 571 g/mol. The first-order chi connectivity index (χ1) is 19.8. The fourth-order valence-corrected chi connectivity index (χ4v) is 6.54. The number of benzene rings is 2. The molecule has 0 bridgehead atoms. The second-order valence-electron chi connectivity index (χ2n) is 10.9. The number of anilines is 1. The summed E-state index contributed by atoms with van der Waals surface area (Å²) in [7, 11) is -1.39. The Kier molecular flexibility index (Phi) is 8.13. The van der Waals surface area contributed by atoms with Crippen molar-refractivity contribution in [2.24, 2.45) is 5.92 Å². The Balaban J connectivity index is 1.41. The van der Waals surface area contributed by atoms with Crippen molar-refractivity contribution >= 4 is 32.5 Å². The summed E-state index contributed by atoms with van der Waals surface area (Å²) in [6.07, 6.45) is -0.989. The minimum Gasteiger partial charge on any atom is -0.491 e. The molecule has 0 spiro atoms. The van der Waals surface area contributed by atoms with Gasteiger partial charge in [0.15, 0.2) is 9.84 Å². The molecule has 224 valence electrons. The second kappa shape index (κ2) is 11.5. The Labute approximate surface area is 242 Å². The number of alkyl halides is 3. The lowest BCUT2D eigenvalue weighted by atomic mass is 9.93. The summed E-state index contributed by atoms with van der Waals surface area (Å²) in [5.74, 6) is 6.17. The minimum absolute atomic E-state index is 0.0713. The molecule has 0 unspecified atom stereocenters. The molecule has 2 aliphatic rings. The molecule has 0 radical (unpaired) electrons. The van der Waals surface area contributed by atoms with E-state index in [2.05, 4.69) is 39.3 Å². The average Bonchev–Trinajstić information content (AvgIpc) is 3.54. The number of nitrogens with zero attached hydrogens (tertiary/aromatic N) is 3. The number of piperidine rings is 1. The zero-order valence-corrected chi connectivity index (χ0v) is 24.3. The molecule has 1 amide bonds. The maximum Gasteiger partial charge on any atom is 0.406 e. The van der Waals surface area contributed by atoms with Gasteiger partial charge in [0, 0.05) is 36.4 Å². The normalized spacial score (nSPS) is 19.1. The van der Waals surface area contributed by atoms with E-state index in [1.807, 2.05) is 7.05 Å². The summed E-state index contributed by atoms with van der Waals surface area (Å²) in [4.78, 5) is 20.0. The van der Waals surface area contributed by atoms with Crippen molar-refractivity contribution in [2.75, 3.05) is 44.9 Å². The van der Waals surface area contributed by atoms with Crippen LogP contribution in [-0.4, -0.2) is 80.5 Å². The highest BCUT2D eigenvalue weighted by Crippen LogP contribution is 2.38. The molecule has 3 heterocycles. The van der Waals surface area contributed by atoms with Crippen molar-refractivity contribution < 1.29 is 31.1 Å². The van der Waals surface area contributed by atoms with Gasteiger partial charge in [-0.05, 0) is 50.2 Å². The first-order valence-corrected chi connectivity index (χ1v) is 15.5. The van der Waals surface area contributed by atoms with Gasteiger partial charge in [-0.15, -0.1) is 0 Å². The van der Waals surface area contributed by atoms with E-state index in [1.165, 1.54) is 12.1 Å². The molecule has 2 N–H and O–H groups in total. The Morgan fingerprint density at radius 2 is 2.05 bits per heavy atom. The van der Waals surface area contributed by atoms with Gasteiger partial charge in [0.2, 0.25) is 0 Å². The van der Waals surface area contributed by atoms with Crippen molar-refractivity contribution in [2.45, 2.75) is 43.4 Å². The van der Waals surface area contributed by atoms with Gasteiger partial charge in [0.25, 0.3) is 5.91 Å². The van der Waals surface area contributed by atoms with Gasteiger partial charge < -0.3 is 24.8 Å². The fourth-order valence-electron chi connectivity index (χ4n) is 5.58. The van der Waals surface area contributed by atoms with E-state index < -0.39 is 28.5 Å². The average molecular weight is 604 g/mol. The molecule has 9 nitrogen and oxygen atoms in total. The number of amides is 1. The number of carbonyl (C=O) groups excluding carboxylic acids is 1. The topological polar surface area (TPSA) is 106 Å². The number of hydrogen-bond acceptors (Lipinski definition) is 7. The minimum atomic E-state index is -4.47. The second-order valence-corrected chi connectivity index (χ2v) is 12.9. The Morgan fingerprint density at radius 1 is 1.26 bits per heavy atom. The van der Waals surface area contributed by atoms with Crippen molar-refractivity contribution in [3.8, 4) is 17.6 Å². The molecule has 3 aromatic rings. The molecule has 13 heteroatoms. The van der Waals surface area contributed by atoms with Gasteiger partial charge in [-0.3, -0.25) is 4.79 Å². The van der Waals surface area contributed by atoms with Crippen LogP contribution < -0.4 is 15.4 Å². The predicted octanol–water partition coefficient (Wildman–Crippen LogP) is 3.47. The number of sulfone groups is 1. The van der Waals surface area contributed by atoms with E-state index in [0.717, 1.165) is 36.7 Å². The smallest absolute Gasteiger partial charge is 0.406 e. The summed E-state index contributed by atoms with van der Waals surface area (Å²) in [6, 6.07) is 6.13. The molecule has 5 rings (SSSR count). The maximum atomic E-state index is 13.4. The highest BCUT2D eigenvalue weighted by molar-refractivity contribution is 7.90. The number of aromatic nitrogens is 2. The third-order valence-corrected chi connectivity index (χ3v) is 8.74. The van der Waals surface area contributed by atoms with Crippen LogP contribution in [0.5, 0.6) is 5.75 Å². The quantitative estimate of drug-likeness (QED) is 0.416. The number of likely N-dealkylation sites (tertiary alicyclic amines) is 1. The molecule has 2 atom stereocenters. The highest BCUT2D eigenvalue weighted by atomic mass is 32.2. The lowest BCUT2D eigenvalue weighted by Crippen LogP contribution is -2.48. The van der Waals surface area contributed by atoms with Crippen molar-refractivity contribution in [3.63, 3.8) is 0 Å². The van der Waals surface area contributed by atoms with Crippen molar-refractivity contribution in [1.82, 2.24) is 19.8 Å². The summed E-state index contributed by atoms with van der Waals surface area (Å²) in [6.45, 7) is 2.97. The molecule has 42 heavy (non-hydrogen) atoms. The van der Waals surface area contributed by atoms with Crippen molar-refractivity contribution in [1.29, 1.82) is 0 Å². The van der Waals surface area contributed by atoms with Crippen molar-refractivity contribution in [3.05, 3.63) is 47.3 Å². The number of carbonyl (C=O) groups is 1. The number of hydrogen-bond donors (Lipinski definition) is 2. The third kappa shape index (κ3) is 6.50. The Bertz CT molecular complexity index is 1690. The van der Waals surface area contributed by atoms with Gasteiger partial charge in [-0.1, -0.05) is 18.8 Å². The monoisotopic (exact) mass is 603 g/mol. The van der Waals surface area contributed by atoms with Crippen LogP contribution in [0.1, 0.15) is 34.8 Å². The zero-order valence-electron chi connectivity index (χ0n) is 23.5. The molecule has 2 aliphatic heterocycles. The first kappa shape index (κ1) is 29.7. The molecule has 0 aliphatic carbocycles. The number of fused-ring (bicyclic) bond motifs is 2. The standard InChI is InChI=1S/C29H32F3N5O4S/c1-18-15-36(2)11-8-22(18)35-28(38)21-13-19(14-24-26(21)34-17-37(24)16-29(30,31)32)5-4-10-33-23-6-7-25(42(3,39)40)20-9-12-41-27(20)23/h6-7,13-14,17-18,22,33H,8-12,15-16H2,1-3H3,(H,35,38)/t18-,22-/m0/s1. The summed E-state index contributed by atoms with van der Waals surface area (Å²) >= 11 is 0. The first-order valence-electron chi connectivity index (χ1n) is 13.6. The summed E-state index contributed by atoms with van der Waals surface area (Å²) < 4.78 is 70.7. The summed E-state index contributed by atoms with van der Waals surface area (Å²) in [5.41, 5.74) is 2.09. The number of halogens is 3. The Morgan fingerprint density at radius 3 is 2.76 bits per heavy atom. The SMILES string of the molecule is C[C@H]1CN(C)CC[C@@H]1NC(=O)c1cc(C#CCNc2ccc(S(C)(=O)=O)c3c2OCC3)cc2c1ncn2CC(F)(F)F. The predicted molar refractivity (Wildman–Crippen MR) is 152 cm³/mol. The van der Waals surface area contributed by atoms with E-state index >= 15 is 0 Å². The van der Waals surface area contributed by atoms with Gasteiger partial charge in [0.05, 0.1) is 41.1 Å². The number of ether oxygens (including phenoxy) is 1. The molecule has 1 aromatic heterocycles. The molecular formula is C29H32F3N5O4S. The van der Waals surface area contributed by atoms with Crippen LogP contribution in [0.15, 0.2) is 35.5 Å². The van der Waals surface area contributed by atoms with Crippen LogP contribution in [0, 0.1) is 17.8 Å².